The van der Waals surface area contributed by atoms with Gasteiger partial charge in [0.15, 0.2) is 5.82 Å². The first-order valence-electron chi connectivity index (χ1n) is 9.27. The highest BCUT2D eigenvalue weighted by Crippen LogP contribution is 2.17. The van der Waals surface area contributed by atoms with E-state index >= 15 is 0 Å². The van der Waals surface area contributed by atoms with E-state index in [0.29, 0.717) is 17.5 Å². The van der Waals surface area contributed by atoms with Crippen molar-refractivity contribution in [1.29, 1.82) is 0 Å². The van der Waals surface area contributed by atoms with E-state index in [1.54, 1.807) is 24.7 Å². The normalized spacial score (nSPS) is 16.1. The van der Waals surface area contributed by atoms with Crippen molar-refractivity contribution in [3.8, 4) is 0 Å². The van der Waals surface area contributed by atoms with Gasteiger partial charge in [0.1, 0.15) is 0 Å². The maximum absolute atomic E-state index is 11.1. The van der Waals surface area contributed by atoms with E-state index < -0.39 is 0 Å². The molecule has 1 saturated heterocycles. The quantitative estimate of drug-likeness (QED) is 0.776. The van der Waals surface area contributed by atoms with Crippen LogP contribution in [0.4, 0.5) is 17.5 Å². The summed E-state index contributed by atoms with van der Waals surface area (Å²) < 4.78 is 0. The third-order valence-corrected chi connectivity index (χ3v) is 4.58. The Hall–Kier alpha value is -3.13. The maximum atomic E-state index is 11.1. The molecule has 2 aromatic rings. The van der Waals surface area contributed by atoms with Gasteiger partial charge >= 0.3 is 0 Å². The number of carbonyl (C=O) groups excluding carboxylic acids is 1. The lowest BCUT2D eigenvalue weighted by Gasteiger charge is -2.36. The van der Waals surface area contributed by atoms with E-state index in [1.165, 1.54) is 6.92 Å². The van der Waals surface area contributed by atoms with Gasteiger partial charge in [-0.2, -0.15) is 0 Å². The van der Waals surface area contributed by atoms with E-state index in [9.17, 15) is 4.79 Å². The van der Waals surface area contributed by atoms with E-state index in [1.807, 2.05) is 18.3 Å². The van der Waals surface area contributed by atoms with E-state index in [2.05, 4.69) is 48.6 Å². The zero-order valence-electron chi connectivity index (χ0n) is 16.2. The minimum Gasteiger partial charge on any atom is -0.338 e. The predicted molar refractivity (Wildman–Crippen MR) is 112 cm³/mol. The molecule has 0 radical (unpaired) electrons. The number of amides is 1. The summed E-state index contributed by atoms with van der Waals surface area (Å²) in [5, 5.41) is 2.68. The van der Waals surface area contributed by atoms with Gasteiger partial charge in [-0.25, -0.2) is 19.9 Å². The third kappa shape index (κ3) is 4.98. The van der Waals surface area contributed by atoms with Crippen molar-refractivity contribution in [2.24, 2.45) is 4.99 Å². The number of hydrogen-bond acceptors (Lipinski definition) is 7. The number of aliphatic imine (C=N–C) groups is 1. The molecule has 0 aliphatic carbocycles. The monoisotopic (exact) mass is 379 g/mol. The van der Waals surface area contributed by atoms with Gasteiger partial charge in [-0.1, -0.05) is 12.7 Å². The number of hydrogen-bond donors (Lipinski definition) is 1. The van der Waals surface area contributed by atoms with Gasteiger partial charge < -0.3 is 10.2 Å². The Kier molecular flexibility index (Phi) is 6.44. The molecule has 0 spiro atoms. The van der Waals surface area contributed by atoms with Crippen LogP contribution in [0.2, 0.25) is 0 Å². The van der Waals surface area contributed by atoms with Crippen LogP contribution < -0.4 is 10.2 Å². The minimum atomic E-state index is -0.133. The Bertz CT molecular complexity index is 842. The van der Waals surface area contributed by atoms with Crippen molar-refractivity contribution < 1.29 is 4.79 Å². The molecule has 3 rings (SSSR count). The highest BCUT2D eigenvalue weighted by molar-refractivity contribution is 5.88. The van der Waals surface area contributed by atoms with E-state index in [0.717, 1.165) is 31.7 Å². The molecule has 146 valence electrons. The van der Waals surface area contributed by atoms with Crippen molar-refractivity contribution in [3.05, 3.63) is 42.9 Å². The number of piperazine rings is 1. The van der Waals surface area contributed by atoms with Crippen LogP contribution in [0, 0.1) is 0 Å². The Morgan fingerprint density at radius 1 is 1.25 bits per heavy atom. The van der Waals surface area contributed by atoms with Gasteiger partial charge in [-0.05, 0) is 19.1 Å². The van der Waals surface area contributed by atoms with Crippen LogP contribution in [-0.2, 0) is 4.79 Å². The smallest absolute Gasteiger partial charge is 0.225 e. The fourth-order valence-electron chi connectivity index (χ4n) is 3.03. The molecule has 1 aliphatic heterocycles. The summed E-state index contributed by atoms with van der Waals surface area (Å²) in [6, 6.07) is 4.03. The summed E-state index contributed by atoms with van der Waals surface area (Å²) in [6.07, 6.45) is 8.70. The molecule has 0 bridgehead atoms. The Labute approximate surface area is 165 Å². The standard InChI is InChI=1S/C20H25N7O/c1-4-17-6-5-7-21-19(17)22-12-15(2)26-8-10-27(11-9-26)20-23-13-18(14-24-20)25-16(3)28/h4-7,12-15H,1,8-11H2,2-3H3,(H,25,28)/b22-12+. The second kappa shape index (κ2) is 9.18. The van der Waals surface area contributed by atoms with Gasteiger partial charge in [-0.3, -0.25) is 9.69 Å². The number of rotatable bonds is 6. The topological polar surface area (TPSA) is 86.6 Å². The summed E-state index contributed by atoms with van der Waals surface area (Å²) in [5.41, 5.74) is 1.53. The van der Waals surface area contributed by atoms with Crippen LogP contribution in [0.1, 0.15) is 19.4 Å². The SMILES string of the molecule is C=Cc1cccnc1/N=C/C(C)N1CCN(c2ncc(NC(C)=O)cn2)CC1. The van der Waals surface area contributed by atoms with Gasteiger partial charge in [0, 0.05) is 57.1 Å². The molecule has 2 aromatic heterocycles. The van der Waals surface area contributed by atoms with E-state index in [-0.39, 0.29) is 11.9 Å². The molecule has 3 heterocycles. The fraction of sp³-hybridized carbons (Fsp3) is 0.350. The summed E-state index contributed by atoms with van der Waals surface area (Å²) >= 11 is 0. The predicted octanol–water partition coefficient (Wildman–Crippen LogP) is 2.39. The first-order valence-corrected chi connectivity index (χ1v) is 9.27. The molecule has 28 heavy (non-hydrogen) atoms. The largest absolute Gasteiger partial charge is 0.338 e. The fourth-order valence-corrected chi connectivity index (χ4v) is 3.03. The van der Waals surface area contributed by atoms with Crippen LogP contribution in [-0.4, -0.2) is 64.2 Å². The molecular formula is C20H25N7O. The molecule has 1 N–H and O–H groups in total. The van der Waals surface area contributed by atoms with Crippen molar-refractivity contribution in [2.45, 2.75) is 19.9 Å². The maximum Gasteiger partial charge on any atom is 0.225 e. The van der Waals surface area contributed by atoms with Gasteiger partial charge in [-0.15, -0.1) is 0 Å². The van der Waals surface area contributed by atoms with Gasteiger partial charge in [0.05, 0.1) is 18.1 Å². The average Bonchev–Trinajstić information content (AvgIpc) is 2.72. The summed E-state index contributed by atoms with van der Waals surface area (Å²) in [6.45, 7) is 10.8. The van der Waals surface area contributed by atoms with Crippen LogP contribution in [0.5, 0.6) is 0 Å². The minimum absolute atomic E-state index is 0.133. The molecule has 0 aromatic carbocycles. The highest BCUT2D eigenvalue weighted by Gasteiger charge is 2.21. The number of anilines is 2. The second-order valence-corrected chi connectivity index (χ2v) is 6.62. The molecule has 1 aliphatic rings. The van der Waals surface area contributed by atoms with Crippen LogP contribution in [0.15, 0.2) is 42.3 Å². The molecule has 8 nitrogen and oxygen atoms in total. The molecule has 0 saturated carbocycles. The van der Waals surface area contributed by atoms with Gasteiger partial charge in [0.2, 0.25) is 11.9 Å². The highest BCUT2D eigenvalue weighted by atomic mass is 16.1. The van der Waals surface area contributed by atoms with Crippen molar-refractivity contribution in [1.82, 2.24) is 19.9 Å². The summed E-state index contributed by atoms with van der Waals surface area (Å²) in [7, 11) is 0. The first kappa shape index (κ1) is 19.6. The van der Waals surface area contributed by atoms with Crippen LogP contribution in [0.3, 0.4) is 0 Å². The van der Waals surface area contributed by atoms with Crippen molar-refractivity contribution >= 4 is 35.7 Å². The molecule has 1 unspecified atom stereocenters. The Balaban J connectivity index is 1.55. The molecule has 8 heteroatoms. The average molecular weight is 379 g/mol. The lowest BCUT2D eigenvalue weighted by Crippen LogP contribution is -2.50. The Morgan fingerprint density at radius 2 is 1.96 bits per heavy atom. The number of aromatic nitrogens is 3. The number of nitrogens with one attached hydrogen (secondary N) is 1. The van der Waals surface area contributed by atoms with Crippen LogP contribution in [0.25, 0.3) is 6.08 Å². The molecule has 1 atom stereocenters. The summed E-state index contributed by atoms with van der Waals surface area (Å²) in [4.78, 5) is 33.1. The van der Waals surface area contributed by atoms with Crippen molar-refractivity contribution in [3.63, 3.8) is 0 Å². The number of nitrogens with zero attached hydrogens (tertiary/aromatic N) is 6. The zero-order valence-corrected chi connectivity index (χ0v) is 16.2. The lowest BCUT2D eigenvalue weighted by molar-refractivity contribution is -0.114. The molecule has 1 fully saturated rings. The molecular weight excluding hydrogens is 354 g/mol. The third-order valence-electron chi connectivity index (χ3n) is 4.58. The Morgan fingerprint density at radius 3 is 2.61 bits per heavy atom. The lowest BCUT2D eigenvalue weighted by atomic mass is 10.2. The number of carbonyl (C=O) groups is 1. The van der Waals surface area contributed by atoms with E-state index in [4.69, 9.17) is 0 Å². The second-order valence-electron chi connectivity index (χ2n) is 6.62. The first-order chi connectivity index (χ1) is 13.6. The zero-order chi connectivity index (χ0) is 19.9. The van der Waals surface area contributed by atoms with Gasteiger partial charge in [0.25, 0.3) is 0 Å². The van der Waals surface area contributed by atoms with Crippen molar-refractivity contribution in [2.75, 3.05) is 36.4 Å². The number of pyridine rings is 1. The molecule has 1 amide bonds. The summed E-state index contributed by atoms with van der Waals surface area (Å²) in [5.74, 6) is 1.24. The van der Waals surface area contributed by atoms with Crippen LogP contribution >= 0.6 is 0 Å².